The maximum Gasteiger partial charge on any atom is 0.149 e. The van der Waals surface area contributed by atoms with Crippen molar-refractivity contribution in [2.24, 2.45) is 0 Å². The zero-order valence-electron chi connectivity index (χ0n) is 8.44. The van der Waals surface area contributed by atoms with Gasteiger partial charge in [0.25, 0.3) is 0 Å². The number of aryl methyl sites for hydroxylation is 1. The summed E-state index contributed by atoms with van der Waals surface area (Å²) in [6, 6.07) is 8.04. The summed E-state index contributed by atoms with van der Waals surface area (Å²) < 4.78 is 0. The minimum atomic E-state index is -0.471. The molecule has 1 aromatic rings. The van der Waals surface area contributed by atoms with Gasteiger partial charge in [0.15, 0.2) is 0 Å². The maximum atomic E-state index is 10.6. The van der Waals surface area contributed by atoms with E-state index in [0.717, 1.165) is 19.1 Å². The monoisotopic (exact) mass is 199 g/mol. The summed E-state index contributed by atoms with van der Waals surface area (Å²) >= 11 is 0. The largest absolute Gasteiger partial charge is 0.301 e. The van der Waals surface area contributed by atoms with E-state index in [2.05, 4.69) is 23.4 Å². The highest BCUT2D eigenvalue weighted by molar-refractivity contribution is 5.63. The van der Waals surface area contributed by atoms with E-state index in [1.54, 1.807) is 0 Å². The van der Waals surface area contributed by atoms with Gasteiger partial charge in [-0.2, -0.15) is 0 Å². The van der Waals surface area contributed by atoms with Crippen molar-refractivity contribution in [2.45, 2.75) is 24.9 Å². The standard InChI is InChI=1S/C13H13NO/c1-2-11(9-15)14-13-8-7-10-5-3-4-6-12(10)13/h1,3-6,9,11,13-14H,7-8H2. The molecule has 0 saturated heterocycles. The summed E-state index contributed by atoms with van der Waals surface area (Å²) in [5, 5.41) is 3.17. The first-order valence-corrected chi connectivity index (χ1v) is 5.10. The lowest BCUT2D eigenvalue weighted by molar-refractivity contribution is -0.108. The highest BCUT2D eigenvalue weighted by Gasteiger charge is 2.23. The van der Waals surface area contributed by atoms with Crippen LogP contribution in [0.3, 0.4) is 0 Å². The van der Waals surface area contributed by atoms with Gasteiger partial charge in [0.1, 0.15) is 12.3 Å². The lowest BCUT2D eigenvalue weighted by Crippen LogP contribution is -2.31. The summed E-state index contributed by atoms with van der Waals surface area (Å²) in [6.07, 6.45) is 8.10. The fraction of sp³-hybridized carbons (Fsp3) is 0.308. The minimum absolute atomic E-state index is 0.229. The molecule has 2 unspecified atom stereocenters. The summed E-state index contributed by atoms with van der Waals surface area (Å²) in [6.45, 7) is 0. The molecule has 2 atom stereocenters. The summed E-state index contributed by atoms with van der Waals surface area (Å²) in [7, 11) is 0. The Balaban J connectivity index is 2.14. The molecule has 2 nitrogen and oxygen atoms in total. The average molecular weight is 199 g/mol. The highest BCUT2D eigenvalue weighted by Crippen LogP contribution is 2.30. The highest BCUT2D eigenvalue weighted by atomic mass is 16.1. The SMILES string of the molecule is C#CC(C=O)NC1CCc2ccccc21. The number of carbonyl (C=O) groups is 1. The number of hydrogen-bond acceptors (Lipinski definition) is 2. The van der Waals surface area contributed by atoms with Crippen molar-refractivity contribution >= 4 is 6.29 Å². The third-order valence-corrected chi connectivity index (χ3v) is 2.83. The molecule has 0 fully saturated rings. The molecule has 2 heteroatoms. The number of terminal acetylenes is 1. The van der Waals surface area contributed by atoms with Crippen LogP contribution >= 0.6 is 0 Å². The zero-order chi connectivity index (χ0) is 10.7. The lowest BCUT2D eigenvalue weighted by Gasteiger charge is -2.15. The molecule has 15 heavy (non-hydrogen) atoms. The second-order valence-corrected chi connectivity index (χ2v) is 3.74. The van der Waals surface area contributed by atoms with Gasteiger partial charge in [0, 0.05) is 6.04 Å². The van der Waals surface area contributed by atoms with Gasteiger partial charge in [-0.3, -0.25) is 5.32 Å². The summed E-state index contributed by atoms with van der Waals surface area (Å²) in [5.74, 6) is 2.43. The molecule has 0 amide bonds. The number of fused-ring (bicyclic) bond motifs is 1. The van der Waals surface area contributed by atoms with Crippen molar-refractivity contribution in [3.63, 3.8) is 0 Å². The van der Waals surface area contributed by atoms with Crippen LogP contribution in [-0.4, -0.2) is 12.3 Å². The van der Waals surface area contributed by atoms with Crippen LogP contribution in [0, 0.1) is 12.3 Å². The Morgan fingerprint density at radius 1 is 1.53 bits per heavy atom. The molecule has 1 aromatic carbocycles. The number of carbonyl (C=O) groups excluding carboxylic acids is 1. The van der Waals surface area contributed by atoms with Gasteiger partial charge in [-0.1, -0.05) is 30.2 Å². The predicted octanol–water partition coefficient (Wildman–Crippen LogP) is 1.46. The molecule has 1 aliphatic carbocycles. The minimum Gasteiger partial charge on any atom is -0.301 e. The van der Waals surface area contributed by atoms with E-state index in [1.807, 2.05) is 12.1 Å². The van der Waals surface area contributed by atoms with Crippen molar-refractivity contribution in [2.75, 3.05) is 0 Å². The van der Waals surface area contributed by atoms with E-state index in [-0.39, 0.29) is 6.04 Å². The van der Waals surface area contributed by atoms with Gasteiger partial charge >= 0.3 is 0 Å². The first-order chi connectivity index (χ1) is 7.35. The molecule has 0 bridgehead atoms. The zero-order valence-corrected chi connectivity index (χ0v) is 8.44. The second-order valence-electron chi connectivity index (χ2n) is 3.74. The van der Waals surface area contributed by atoms with Gasteiger partial charge in [-0.15, -0.1) is 6.42 Å². The molecular formula is C13H13NO. The molecule has 0 radical (unpaired) electrons. The summed E-state index contributed by atoms with van der Waals surface area (Å²) in [5.41, 5.74) is 2.64. The van der Waals surface area contributed by atoms with Gasteiger partial charge < -0.3 is 4.79 Å². The Kier molecular flexibility index (Phi) is 2.84. The lowest BCUT2D eigenvalue weighted by atomic mass is 10.1. The van der Waals surface area contributed by atoms with Crippen molar-refractivity contribution in [1.29, 1.82) is 0 Å². The normalized spacial score (nSPS) is 20.3. The number of hydrogen-bond donors (Lipinski definition) is 1. The third kappa shape index (κ3) is 1.93. The Morgan fingerprint density at radius 2 is 2.33 bits per heavy atom. The van der Waals surface area contributed by atoms with Crippen LogP contribution in [0.25, 0.3) is 0 Å². The average Bonchev–Trinajstić information content (AvgIpc) is 2.69. The number of benzene rings is 1. The van der Waals surface area contributed by atoms with Crippen molar-refractivity contribution in [3.05, 3.63) is 35.4 Å². The van der Waals surface area contributed by atoms with Gasteiger partial charge in [-0.05, 0) is 24.0 Å². The smallest absolute Gasteiger partial charge is 0.149 e. The first-order valence-electron chi connectivity index (χ1n) is 5.10. The van der Waals surface area contributed by atoms with Crippen LogP contribution < -0.4 is 5.32 Å². The molecule has 2 rings (SSSR count). The summed E-state index contributed by atoms with van der Waals surface area (Å²) in [4.78, 5) is 10.6. The number of nitrogens with one attached hydrogen (secondary N) is 1. The van der Waals surface area contributed by atoms with Crippen LogP contribution in [0.1, 0.15) is 23.6 Å². The maximum absolute atomic E-state index is 10.6. The molecular weight excluding hydrogens is 186 g/mol. The van der Waals surface area contributed by atoms with Gasteiger partial charge in [0.05, 0.1) is 0 Å². The van der Waals surface area contributed by atoms with E-state index < -0.39 is 6.04 Å². The molecule has 1 aliphatic rings. The van der Waals surface area contributed by atoms with E-state index in [1.165, 1.54) is 11.1 Å². The van der Waals surface area contributed by atoms with Crippen molar-refractivity contribution in [1.82, 2.24) is 5.32 Å². The Morgan fingerprint density at radius 3 is 3.07 bits per heavy atom. The molecule has 0 aliphatic heterocycles. The fourth-order valence-corrected chi connectivity index (χ4v) is 2.07. The van der Waals surface area contributed by atoms with E-state index >= 15 is 0 Å². The van der Waals surface area contributed by atoms with E-state index in [9.17, 15) is 4.79 Å². The van der Waals surface area contributed by atoms with Crippen LogP contribution in [0.5, 0.6) is 0 Å². The number of rotatable bonds is 3. The molecule has 0 spiro atoms. The quantitative estimate of drug-likeness (QED) is 0.590. The second kappa shape index (κ2) is 4.29. The molecule has 1 N–H and O–H groups in total. The Labute approximate surface area is 89.7 Å². The predicted molar refractivity (Wildman–Crippen MR) is 59.3 cm³/mol. The molecule has 0 aromatic heterocycles. The van der Waals surface area contributed by atoms with E-state index in [0.29, 0.717) is 0 Å². The molecule has 0 saturated carbocycles. The van der Waals surface area contributed by atoms with Crippen LogP contribution in [-0.2, 0) is 11.2 Å². The number of aldehydes is 1. The van der Waals surface area contributed by atoms with Gasteiger partial charge in [-0.25, -0.2) is 0 Å². The van der Waals surface area contributed by atoms with Gasteiger partial charge in [0.2, 0.25) is 0 Å². The van der Waals surface area contributed by atoms with Crippen LogP contribution in [0.15, 0.2) is 24.3 Å². The molecule has 76 valence electrons. The fourth-order valence-electron chi connectivity index (χ4n) is 2.07. The van der Waals surface area contributed by atoms with E-state index in [4.69, 9.17) is 6.42 Å². The molecule has 0 heterocycles. The Bertz CT molecular complexity index is 405. The Hall–Kier alpha value is -1.59. The first kappa shape index (κ1) is 9.95. The third-order valence-electron chi connectivity index (χ3n) is 2.83. The van der Waals surface area contributed by atoms with Crippen LogP contribution in [0.2, 0.25) is 0 Å². The van der Waals surface area contributed by atoms with Crippen LogP contribution in [0.4, 0.5) is 0 Å². The topological polar surface area (TPSA) is 29.1 Å². The van der Waals surface area contributed by atoms with Crippen molar-refractivity contribution < 1.29 is 4.79 Å². The van der Waals surface area contributed by atoms with Crippen molar-refractivity contribution in [3.8, 4) is 12.3 Å².